The summed E-state index contributed by atoms with van der Waals surface area (Å²) < 4.78 is 7.06. The van der Waals surface area contributed by atoms with Crippen LogP contribution in [0.15, 0.2) is 48.8 Å². The van der Waals surface area contributed by atoms with Gasteiger partial charge in [-0.15, -0.1) is 0 Å². The summed E-state index contributed by atoms with van der Waals surface area (Å²) in [5.74, 6) is 1.20. The van der Waals surface area contributed by atoms with Crippen molar-refractivity contribution in [2.75, 3.05) is 38.2 Å². The largest absolute Gasteiger partial charge is 0.494 e. The summed E-state index contributed by atoms with van der Waals surface area (Å²) in [6.45, 7) is 4.18. The number of carbonyl (C=O) groups excluding carboxylic acids is 1. The van der Waals surface area contributed by atoms with Gasteiger partial charge in [0.1, 0.15) is 23.5 Å². The maximum atomic E-state index is 12.9. The van der Waals surface area contributed by atoms with Gasteiger partial charge in [0.15, 0.2) is 5.69 Å². The normalized spacial score (nSPS) is 13.9. The molecule has 0 radical (unpaired) electrons. The molecule has 3 aromatic rings. The van der Waals surface area contributed by atoms with Crippen molar-refractivity contribution >= 4 is 17.4 Å². The number of nitro groups is 1. The minimum absolute atomic E-state index is 0.0432. The summed E-state index contributed by atoms with van der Waals surface area (Å²) >= 11 is 0. The van der Waals surface area contributed by atoms with Crippen LogP contribution in [0.25, 0.3) is 5.69 Å². The van der Waals surface area contributed by atoms with E-state index < -0.39 is 4.92 Å². The van der Waals surface area contributed by atoms with Gasteiger partial charge in [-0.05, 0) is 36.8 Å². The molecule has 1 fully saturated rings. The van der Waals surface area contributed by atoms with Crippen molar-refractivity contribution in [2.24, 2.45) is 0 Å². The number of aryl methyl sites for hydroxylation is 1. The summed E-state index contributed by atoms with van der Waals surface area (Å²) in [5.41, 5.74) is 2.16. The van der Waals surface area contributed by atoms with Crippen molar-refractivity contribution in [3.05, 3.63) is 70.2 Å². The van der Waals surface area contributed by atoms with Crippen LogP contribution >= 0.6 is 0 Å². The highest BCUT2D eigenvalue weighted by Gasteiger charge is 2.25. The highest BCUT2D eigenvalue weighted by Crippen LogP contribution is 2.24. The maximum absolute atomic E-state index is 12.9. The quantitative estimate of drug-likeness (QED) is 0.459. The molecule has 4 rings (SSSR count). The fourth-order valence-corrected chi connectivity index (χ4v) is 3.53. The molecule has 2 aromatic heterocycles. The number of rotatable bonds is 5. The third-order valence-electron chi connectivity index (χ3n) is 5.22. The first-order valence-corrected chi connectivity index (χ1v) is 9.81. The highest BCUT2D eigenvalue weighted by molar-refractivity contribution is 5.92. The minimum atomic E-state index is -0.473. The molecule has 0 bridgehead atoms. The van der Waals surface area contributed by atoms with Crippen LogP contribution in [0, 0.1) is 17.0 Å². The van der Waals surface area contributed by atoms with E-state index >= 15 is 0 Å². The molecule has 0 aliphatic carbocycles. The van der Waals surface area contributed by atoms with Crippen molar-refractivity contribution in [3.63, 3.8) is 0 Å². The Labute approximate surface area is 178 Å². The van der Waals surface area contributed by atoms with E-state index in [0.29, 0.717) is 43.4 Å². The fourth-order valence-electron chi connectivity index (χ4n) is 3.53. The SMILES string of the molecule is COc1ccc(C)cc1-n1ccc(C(=O)N2CCN(c3ccc([N+](=O)[O-])cn3)CC2)n1. The van der Waals surface area contributed by atoms with E-state index in [2.05, 4.69) is 10.1 Å². The molecule has 10 heteroatoms. The average molecular weight is 422 g/mol. The molecule has 0 spiro atoms. The minimum Gasteiger partial charge on any atom is -0.494 e. The second-order valence-corrected chi connectivity index (χ2v) is 7.23. The summed E-state index contributed by atoms with van der Waals surface area (Å²) in [6.07, 6.45) is 3.00. The smallest absolute Gasteiger partial charge is 0.287 e. The zero-order valence-corrected chi connectivity index (χ0v) is 17.3. The first-order chi connectivity index (χ1) is 15.0. The number of methoxy groups -OCH3 is 1. The van der Waals surface area contributed by atoms with Crippen LogP contribution < -0.4 is 9.64 Å². The van der Waals surface area contributed by atoms with Gasteiger partial charge in [0.2, 0.25) is 0 Å². The lowest BCUT2D eigenvalue weighted by Crippen LogP contribution is -2.49. The predicted octanol–water partition coefficient (Wildman–Crippen LogP) is 2.45. The van der Waals surface area contributed by atoms with Crippen molar-refractivity contribution < 1.29 is 14.5 Å². The van der Waals surface area contributed by atoms with Gasteiger partial charge in [0.05, 0.1) is 12.0 Å². The van der Waals surface area contributed by atoms with E-state index in [4.69, 9.17) is 4.74 Å². The van der Waals surface area contributed by atoms with Crippen molar-refractivity contribution in [1.82, 2.24) is 19.7 Å². The number of hydrogen-bond donors (Lipinski definition) is 0. The van der Waals surface area contributed by atoms with Gasteiger partial charge >= 0.3 is 0 Å². The Morgan fingerprint density at radius 1 is 1.13 bits per heavy atom. The molecule has 0 saturated carbocycles. The van der Waals surface area contributed by atoms with E-state index in [-0.39, 0.29) is 11.6 Å². The van der Waals surface area contributed by atoms with Gasteiger partial charge in [-0.25, -0.2) is 9.67 Å². The van der Waals surface area contributed by atoms with Gasteiger partial charge in [0.25, 0.3) is 11.6 Å². The van der Waals surface area contributed by atoms with E-state index in [1.807, 2.05) is 30.0 Å². The Hall–Kier alpha value is -3.95. The lowest BCUT2D eigenvalue weighted by atomic mass is 10.2. The number of amides is 1. The third kappa shape index (κ3) is 4.18. The van der Waals surface area contributed by atoms with E-state index in [1.165, 1.54) is 12.3 Å². The van der Waals surface area contributed by atoms with Crippen LogP contribution in [0.3, 0.4) is 0 Å². The Bertz CT molecular complexity index is 1100. The number of pyridine rings is 1. The first-order valence-electron chi connectivity index (χ1n) is 9.81. The topological polar surface area (TPSA) is 107 Å². The predicted molar refractivity (Wildman–Crippen MR) is 114 cm³/mol. The number of piperazine rings is 1. The van der Waals surface area contributed by atoms with E-state index in [9.17, 15) is 14.9 Å². The van der Waals surface area contributed by atoms with Crippen LogP contribution in [0.5, 0.6) is 5.75 Å². The number of aromatic nitrogens is 3. The third-order valence-corrected chi connectivity index (χ3v) is 5.22. The molecule has 1 aliphatic rings. The Kier molecular flexibility index (Phi) is 5.52. The fraction of sp³-hybridized carbons (Fsp3) is 0.286. The number of hydrogen-bond acceptors (Lipinski definition) is 7. The molecule has 1 aliphatic heterocycles. The Morgan fingerprint density at radius 2 is 1.90 bits per heavy atom. The van der Waals surface area contributed by atoms with Crippen LogP contribution in [0.1, 0.15) is 16.1 Å². The van der Waals surface area contributed by atoms with E-state index in [0.717, 1.165) is 11.3 Å². The molecule has 1 aromatic carbocycles. The summed E-state index contributed by atoms with van der Waals surface area (Å²) in [6, 6.07) is 10.6. The lowest BCUT2D eigenvalue weighted by Gasteiger charge is -2.35. The maximum Gasteiger partial charge on any atom is 0.287 e. The van der Waals surface area contributed by atoms with Crippen LogP contribution in [-0.4, -0.2) is 63.8 Å². The second-order valence-electron chi connectivity index (χ2n) is 7.23. The standard InChI is InChI=1S/C21H22N6O4/c1-15-3-5-19(31-2)18(13-15)26-8-7-17(23-26)21(28)25-11-9-24(10-12-25)20-6-4-16(14-22-20)27(29)30/h3-8,13-14H,9-12H2,1-2H3. The summed E-state index contributed by atoms with van der Waals surface area (Å²) in [7, 11) is 1.60. The zero-order chi connectivity index (χ0) is 22.0. The van der Waals surface area contributed by atoms with Crippen molar-refractivity contribution in [2.45, 2.75) is 6.92 Å². The monoisotopic (exact) mass is 422 g/mol. The molecule has 3 heterocycles. The van der Waals surface area contributed by atoms with Gasteiger partial charge in [0, 0.05) is 38.4 Å². The molecule has 0 N–H and O–H groups in total. The number of nitrogens with zero attached hydrogens (tertiary/aromatic N) is 6. The second kappa shape index (κ2) is 8.42. The highest BCUT2D eigenvalue weighted by atomic mass is 16.6. The molecular weight excluding hydrogens is 400 g/mol. The molecule has 31 heavy (non-hydrogen) atoms. The molecule has 10 nitrogen and oxygen atoms in total. The molecule has 1 saturated heterocycles. The average Bonchev–Trinajstić information content (AvgIpc) is 3.29. The lowest BCUT2D eigenvalue weighted by molar-refractivity contribution is -0.385. The molecule has 160 valence electrons. The first kappa shape index (κ1) is 20.3. The van der Waals surface area contributed by atoms with Gasteiger partial charge < -0.3 is 14.5 Å². The summed E-state index contributed by atoms with van der Waals surface area (Å²) in [4.78, 5) is 31.2. The summed E-state index contributed by atoms with van der Waals surface area (Å²) in [5, 5.41) is 15.2. The van der Waals surface area contributed by atoms with Crippen LogP contribution in [-0.2, 0) is 0 Å². The Morgan fingerprint density at radius 3 is 2.55 bits per heavy atom. The Balaban J connectivity index is 1.43. The van der Waals surface area contributed by atoms with Gasteiger partial charge in [-0.1, -0.05) is 6.07 Å². The molecule has 0 unspecified atom stereocenters. The van der Waals surface area contributed by atoms with Crippen LogP contribution in [0.4, 0.5) is 11.5 Å². The number of anilines is 1. The van der Waals surface area contributed by atoms with Crippen LogP contribution in [0.2, 0.25) is 0 Å². The van der Waals surface area contributed by atoms with Crippen molar-refractivity contribution in [1.29, 1.82) is 0 Å². The molecular formula is C21H22N6O4. The van der Waals surface area contributed by atoms with E-state index in [1.54, 1.807) is 35.0 Å². The number of carbonyl (C=O) groups is 1. The van der Waals surface area contributed by atoms with Crippen molar-refractivity contribution in [3.8, 4) is 11.4 Å². The number of ether oxygens (including phenoxy) is 1. The van der Waals surface area contributed by atoms with Gasteiger partial charge in [-0.3, -0.25) is 14.9 Å². The number of benzene rings is 1. The zero-order valence-electron chi connectivity index (χ0n) is 17.3. The molecule has 0 atom stereocenters. The van der Waals surface area contributed by atoms with Gasteiger partial charge in [-0.2, -0.15) is 5.10 Å². The molecule has 1 amide bonds.